The van der Waals surface area contributed by atoms with E-state index in [1.54, 1.807) is 57.0 Å². The highest BCUT2D eigenvalue weighted by Crippen LogP contribution is 2.34. The van der Waals surface area contributed by atoms with Crippen LogP contribution >= 0.6 is 23.1 Å². The van der Waals surface area contributed by atoms with Crippen molar-refractivity contribution in [2.45, 2.75) is 18.1 Å². The number of thiophene rings is 1. The van der Waals surface area contributed by atoms with Crippen molar-refractivity contribution in [3.8, 4) is 5.06 Å². The Hall–Kier alpha value is -2.58. The van der Waals surface area contributed by atoms with Gasteiger partial charge in [0.25, 0.3) is 11.8 Å². The Kier molecular flexibility index (Phi) is 7.63. The molecule has 0 fully saturated rings. The van der Waals surface area contributed by atoms with E-state index in [1.165, 1.54) is 17.6 Å². The number of hydrogen-bond donors (Lipinski definition) is 2. The molecule has 0 saturated carbocycles. The van der Waals surface area contributed by atoms with Crippen molar-refractivity contribution in [1.82, 2.24) is 10.7 Å². The summed E-state index contributed by atoms with van der Waals surface area (Å²) in [5.74, 6) is -0.843. The van der Waals surface area contributed by atoms with Gasteiger partial charge in [0.15, 0.2) is 5.06 Å². The van der Waals surface area contributed by atoms with Gasteiger partial charge >= 0.3 is 0 Å². The molecule has 27 heavy (non-hydrogen) atoms. The SMILES string of the molecule is COc1sc(SC)cc1C=NNC(=O)C(NC(=O)c1ccccc1)=C(C)C. The third-order valence-electron chi connectivity index (χ3n) is 3.46. The van der Waals surface area contributed by atoms with Crippen molar-refractivity contribution in [2.24, 2.45) is 5.10 Å². The minimum atomic E-state index is -0.491. The van der Waals surface area contributed by atoms with Crippen LogP contribution in [0.1, 0.15) is 29.8 Å². The number of thioether (sulfide) groups is 1. The second-order valence-electron chi connectivity index (χ2n) is 5.61. The minimum absolute atomic E-state index is 0.170. The van der Waals surface area contributed by atoms with Crippen LogP contribution in [0.2, 0.25) is 0 Å². The van der Waals surface area contributed by atoms with E-state index in [0.717, 1.165) is 14.8 Å². The van der Waals surface area contributed by atoms with Crippen LogP contribution in [0.15, 0.2) is 57.0 Å². The Balaban J connectivity index is 2.07. The summed E-state index contributed by atoms with van der Waals surface area (Å²) in [5, 5.41) is 7.35. The fourth-order valence-electron chi connectivity index (χ4n) is 2.12. The number of benzene rings is 1. The molecule has 0 spiro atoms. The number of ether oxygens (including phenoxy) is 1. The monoisotopic (exact) mass is 403 g/mol. The van der Waals surface area contributed by atoms with Gasteiger partial charge in [-0.3, -0.25) is 9.59 Å². The van der Waals surface area contributed by atoms with E-state index in [9.17, 15) is 9.59 Å². The van der Waals surface area contributed by atoms with Gasteiger partial charge < -0.3 is 10.1 Å². The lowest BCUT2D eigenvalue weighted by atomic mass is 10.2. The summed E-state index contributed by atoms with van der Waals surface area (Å²) in [6.45, 7) is 3.49. The topological polar surface area (TPSA) is 79.8 Å². The van der Waals surface area contributed by atoms with Crippen molar-refractivity contribution < 1.29 is 14.3 Å². The van der Waals surface area contributed by atoms with Crippen LogP contribution in [0, 0.1) is 0 Å². The van der Waals surface area contributed by atoms with Gasteiger partial charge in [-0.25, -0.2) is 5.43 Å². The Bertz CT molecular complexity index is 870. The molecule has 2 N–H and O–H groups in total. The summed E-state index contributed by atoms with van der Waals surface area (Å²) < 4.78 is 6.39. The molecule has 1 aromatic heterocycles. The third-order valence-corrected chi connectivity index (χ3v) is 5.64. The second-order valence-corrected chi connectivity index (χ2v) is 7.73. The van der Waals surface area contributed by atoms with Crippen LogP contribution in [0.3, 0.4) is 0 Å². The zero-order valence-electron chi connectivity index (χ0n) is 15.5. The van der Waals surface area contributed by atoms with E-state index < -0.39 is 5.91 Å². The molecule has 1 aromatic carbocycles. The van der Waals surface area contributed by atoms with Crippen molar-refractivity contribution in [3.05, 3.63) is 58.8 Å². The molecule has 0 aliphatic carbocycles. The molecule has 142 valence electrons. The molecule has 0 bridgehead atoms. The third kappa shape index (κ3) is 5.70. The van der Waals surface area contributed by atoms with Gasteiger partial charge in [0.2, 0.25) is 0 Å². The summed E-state index contributed by atoms with van der Waals surface area (Å²) in [7, 11) is 1.59. The van der Waals surface area contributed by atoms with Gasteiger partial charge in [-0.15, -0.1) is 11.8 Å². The Morgan fingerprint density at radius 1 is 1.22 bits per heavy atom. The van der Waals surface area contributed by atoms with Crippen molar-refractivity contribution in [2.75, 3.05) is 13.4 Å². The summed E-state index contributed by atoms with van der Waals surface area (Å²) in [4.78, 5) is 24.7. The summed E-state index contributed by atoms with van der Waals surface area (Å²) >= 11 is 3.11. The average Bonchev–Trinajstić information content (AvgIpc) is 3.08. The van der Waals surface area contributed by atoms with Crippen LogP contribution in [0.4, 0.5) is 0 Å². The van der Waals surface area contributed by atoms with Crippen molar-refractivity contribution >= 4 is 41.1 Å². The maximum Gasteiger partial charge on any atom is 0.287 e. The van der Waals surface area contributed by atoms with Gasteiger partial charge in [0.05, 0.1) is 17.5 Å². The smallest absolute Gasteiger partial charge is 0.287 e. The predicted octanol–water partition coefficient (Wildman–Crippen LogP) is 3.65. The normalized spacial score (nSPS) is 10.5. The molecule has 0 aliphatic heterocycles. The standard InChI is InChI=1S/C19H21N3O3S2/c1-12(2)16(21-17(23)13-8-6-5-7-9-13)18(24)22-20-11-14-10-15(26-4)27-19(14)25-3/h5-11H,1-4H3,(H,21,23)(H,22,24). The summed E-state index contributed by atoms with van der Waals surface area (Å²) in [5.41, 5.74) is 4.54. The molecule has 1 heterocycles. The lowest BCUT2D eigenvalue weighted by molar-refractivity contribution is -0.117. The van der Waals surface area contributed by atoms with E-state index in [-0.39, 0.29) is 11.6 Å². The average molecular weight is 404 g/mol. The predicted molar refractivity (Wildman–Crippen MR) is 111 cm³/mol. The van der Waals surface area contributed by atoms with Crippen LogP contribution in [-0.4, -0.2) is 31.4 Å². The van der Waals surface area contributed by atoms with E-state index in [0.29, 0.717) is 11.1 Å². The van der Waals surface area contributed by atoms with Gasteiger partial charge in [0.1, 0.15) is 5.70 Å². The summed E-state index contributed by atoms with van der Waals surface area (Å²) in [6.07, 6.45) is 3.50. The molecule has 0 aliphatic rings. The molecule has 8 heteroatoms. The molecule has 0 unspecified atom stereocenters. The van der Waals surface area contributed by atoms with Gasteiger partial charge in [-0.05, 0) is 43.9 Å². The minimum Gasteiger partial charge on any atom is -0.487 e. The van der Waals surface area contributed by atoms with Gasteiger partial charge in [-0.2, -0.15) is 5.10 Å². The zero-order valence-corrected chi connectivity index (χ0v) is 17.2. The van der Waals surface area contributed by atoms with E-state index in [2.05, 4.69) is 15.8 Å². The van der Waals surface area contributed by atoms with Gasteiger partial charge in [0, 0.05) is 11.1 Å². The first-order valence-electron chi connectivity index (χ1n) is 8.05. The number of nitrogens with one attached hydrogen (secondary N) is 2. The Morgan fingerprint density at radius 2 is 1.93 bits per heavy atom. The molecular formula is C19H21N3O3S2. The number of hydrogen-bond acceptors (Lipinski definition) is 6. The van der Waals surface area contributed by atoms with Crippen molar-refractivity contribution in [3.63, 3.8) is 0 Å². The largest absolute Gasteiger partial charge is 0.487 e. The maximum absolute atomic E-state index is 12.4. The number of methoxy groups -OCH3 is 1. The van der Waals surface area contributed by atoms with Gasteiger partial charge in [-0.1, -0.05) is 29.5 Å². The Labute approximate surface area is 166 Å². The first kappa shape index (κ1) is 20.7. The Morgan fingerprint density at radius 3 is 2.52 bits per heavy atom. The number of rotatable bonds is 7. The molecule has 0 radical (unpaired) electrons. The zero-order chi connectivity index (χ0) is 19.8. The number of amides is 2. The fraction of sp³-hybridized carbons (Fsp3) is 0.211. The molecule has 0 saturated heterocycles. The van der Waals surface area contributed by atoms with Crippen molar-refractivity contribution in [1.29, 1.82) is 0 Å². The quantitative estimate of drug-likeness (QED) is 0.320. The number of hydrazone groups is 1. The first-order valence-corrected chi connectivity index (χ1v) is 10.1. The maximum atomic E-state index is 12.4. The van der Waals surface area contributed by atoms with Crippen LogP contribution in [-0.2, 0) is 4.79 Å². The van der Waals surface area contributed by atoms with E-state index in [4.69, 9.17) is 4.74 Å². The number of carbonyl (C=O) groups is 2. The number of allylic oxidation sites excluding steroid dienone is 1. The second kappa shape index (κ2) is 9.94. The van der Waals surface area contributed by atoms with E-state index >= 15 is 0 Å². The molecule has 6 nitrogen and oxygen atoms in total. The lowest BCUT2D eigenvalue weighted by Crippen LogP contribution is -2.33. The molecule has 0 atom stereocenters. The van der Waals surface area contributed by atoms with Crippen LogP contribution in [0.5, 0.6) is 5.06 Å². The molecule has 2 aromatic rings. The number of carbonyl (C=O) groups excluding carboxylic acids is 2. The molecule has 2 rings (SSSR count). The highest BCUT2D eigenvalue weighted by atomic mass is 32.2. The van der Waals surface area contributed by atoms with Crippen LogP contribution < -0.4 is 15.5 Å². The molecule has 2 amide bonds. The highest BCUT2D eigenvalue weighted by Gasteiger charge is 2.15. The molecular weight excluding hydrogens is 382 g/mol. The summed E-state index contributed by atoms with van der Waals surface area (Å²) in [6, 6.07) is 10.6. The first-order chi connectivity index (χ1) is 13.0. The lowest BCUT2D eigenvalue weighted by Gasteiger charge is -2.10. The van der Waals surface area contributed by atoms with Crippen LogP contribution in [0.25, 0.3) is 0 Å². The highest BCUT2D eigenvalue weighted by molar-refractivity contribution is 8.00. The number of nitrogens with zero attached hydrogens (tertiary/aromatic N) is 1. The fourth-order valence-corrected chi connectivity index (χ4v) is 3.60. The van der Waals surface area contributed by atoms with E-state index in [1.807, 2.05) is 18.4 Å².